The summed E-state index contributed by atoms with van der Waals surface area (Å²) in [5.41, 5.74) is 2.21. The average Bonchev–Trinajstić information content (AvgIpc) is 2.49. The van der Waals surface area contributed by atoms with Crippen LogP contribution in [0.1, 0.15) is 31.0 Å². The van der Waals surface area contributed by atoms with E-state index in [-0.39, 0.29) is 11.9 Å². The van der Waals surface area contributed by atoms with Crippen LogP contribution in [-0.2, 0) is 6.42 Å². The van der Waals surface area contributed by atoms with Crippen LogP contribution in [0, 0.1) is 5.82 Å². The molecule has 3 heteroatoms. The highest BCUT2D eigenvalue weighted by atomic mass is 19.1. The van der Waals surface area contributed by atoms with Crippen LogP contribution in [0.3, 0.4) is 0 Å². The first-order valence-electron chi connectivity index (χ1n) is 7.40. The monoisotopic (exact) mass is 287 g/mol. The molecule has 0 saturated heterocycles. The Morgan fingerprint density at radius 2 is 1.90 bits per heavy atom. The molecule has 0 heterocycles. The lowest BCUT2D eigenvalue weighted by Gasteiger charge is -2.18. The van der Waals surface area contributed by atoms with Gasteiger partial charge in [-0.1, -0.05) is 43.3 Å². The van der Waals surface area contributed by atoms with Crippen LogP contribution < -0.4 is 10.1 Å². The first-order chi connectivity index (χ1) is 10.2. The van der Waals surface area contributed by atoms with Gasteiger partial charge in [0.2, 0.25) is 0 Å². The highest BCUT2D eigenvalue weighted by molar-refractivity contribution is 5.36. The molecular weight excluding hydrogens is 265 g/mol. The van der Waals surface area contributed by atoms with Crippen molar-refractivity contribution >= 4 is 0 Å². The van der Waals surface area contributed by atoms with Gasteiger partial charge >= 0.3 is 0 Å². The summed E-state index contributed by atoms with van der Waals surface area (Å²) in [5, 5.41) is 3.33. The first kappa shape index (κ1) is 15.5. The van der Waals surface area contributed by atoms with Gasteiger partial charge in [-0.05, 0) is 25.1 Å². The predicted molar refractivity (Wildman–Crippen MR) is 84.1 cm³/mol. The molecule has 21 heavy (non-hydrogen) atoms. The van der Waals surface area contributed by atoms with Gasteiger partial charge in [-0.3, -0.25) is 0 Å². The maximum Gasteiger partial charge on any atom is 0.126 e. The molecule has 1 N–H and O–H groups in total. The Morgan fingerprint density at radius 3 is 2.62 bits per heavy atom. The summed E-state index contributed by atoms with van der Waals surface area (Å²) in [5.74, 6) is 0.358. The molecule has 0 aliphatic rings. The van der Waals surface area contributed by atoms with Crippen LogP contribution in [0.15, 0.2) is 48.5 Å². The van der Waals surface area contributed by atoms with Gasteiger partial charge in [0.25, 0.3) is 0 Å². The molecule has 0 aliphatic heterocycles. The first-order valence-corrected chi connectivity index (χ1v) is 7.40. The van der Waals surface area contributed by atoms with Gasteiger partial charge < -0.3 is 10.1 Å². The quantitative estimate of drug-likeness (QED) is 0.827. The minimum absolute atomic E-state index is 0.141. The largest absolute Gasteiger partial charge is 0.493 e. The SMILES string of the molecule is CCNC(C)c1ccc(F)cc1OCCc1ccccc1. The van der Waals surface area contributed by atoms with Crippen molar-refractivity contribution in [2.75, 3.05) is 13.2 Å². The molecule has 0 aliphatic carbocycles. The summed E-state index contributed by atoms with van der Waals surface area (Å²) in [6, 6.07) is 15.0. The van der Waals surface area contributed by atoms with Crippen molar-refractivity contribution in [3.8, 4) is 5.75 Å². The molecule has 2 rings (SSSR count). The summed E-state index contributed by atoms with van der Waals surface area (Å²) < 4.78 is 19.3. The third-order valence-corrected chi connectivity index (χ3v) is 3.44. The minimum Gasteiger partial charge on any atom is -0.493 e. The summed E-state index contributed by atoms with van der Waals surface area (Å²) in [6.07, 6.45) is 0.812. The molecule has 0 saturated carbocycles. The van der Waals surface area contributed by atoms with Crippen LogP contribution in [0.25, 0.3) is 0 Å². The zero-order valence-corrected chi connectivity index (χ0v) is 12.6. The van der Waals surface area contributed by atoms with E-state index in [1.807, 2.05) is 18.2 Å². The van der Waals surface area contributed by atoms with E-state index in [0.717, 1.165) is 18.5 Å². The Bertz CT molecular complexity index is 556. The molecule has 0 radical (unpaired) electrons. The summed E-state index contributed by atoms with van der Waals surface area (Å²) in [4.78, 5) is 0. The second-order valence-electron chi connectivity index (χ2n) is 5.05. The zero-order chi connectivity index (χ0) is 15.1. The molecule has 0 bridgehead atoms. The second kappa shape index (κ2) is 7.79. The molecule has 2 aromatic carbocycles. The zero-order valence-electron chi connectivity index (χ0n) is 12.6. The number of benzene rings is 2. The fourth-order valence-corrected chi connectivity index (χ4v) is 2.33. The molecule has 0 fully saturated rings. The molecule has 0 spiro atoms. The average molecular weight is 287 g/mol. The fraction of sp³-hybridized carbons (Fsp3) is 0.333. The Labute approximate surface area is 126 Å². The van der Waals surface area contributed by atoms with Crippen molar-refractivity contribution < 1.29 is 9.13 Å². The number of nitrogens with one attached hydrogen (secondary N) is 1. The van der Waals surface area contributed by atoms with Gasteiger partial charge in [0, 0.05) is 24.1 Å². The van der Waals surface area contributed by atoms with E-state index in [1.165, 1.54) is 17.7 Å². The highest BCUT2D eigenvalue weighted by Crippen LogP contribution is 2.26. The predicted octanol–water partition coefficient (Wildman–Crippen LogP) is 4.12. The molecule has 0 amide bonds. The van der Waals surface area contributed by atoms with Crippen LogP contribution >= 0.6 is 0 Å². The van der Waals surface area contributed by atoms with Crippen molar-refractivity contribution in [3.63, 3.8) is 0 Å². The fourth-order valence-electron chi connectivity index (χ4n) is 2.33. The lowest BCUT2D eigenvalue weighted by molar-refractivity contribution is 0.313. The Morgan fingerprint density at radius 1 is 1.14 bits per heavy atom. The topological polar surface area (TPSA) is 21.3 Å². The molecule has 2 aromatic rings. The van der Waals surface area contributed by atoms with Crippen LogP contribution in [0.5, 0.6) is 5.75 Å². The van der Waals surface area contributed by atoms with E-state index in [4.69, 9.17) is 4.74 Å². The second-order valence-corrected chi connectivity index (χ2v) is 5.05. The van der Waals surface area contributed by atoms with Gasteiger partial charge in [-0.25, -0.2) is 4.39 Å². The van der Waals surface area contributed by atoms with Crippen LogP contribution in [-0.4, -0.2) is 13.2 Å². The van der Waals surface area contributed by atoms with Gasteiger partial charge in [-0.2, -0.15) is 0 Å². The van der Waals surface area contributed by atoms with Gasteiger partial charge in [0.15, 0.2) is 0 Å². The van der Waals surface area contributed by atoms with Crippen molar-refractivity contribution in [3.05, 3.63) is 65.5 Å². The van der Waals surface area contributed by atoms with Crippen LogP contribution in [0.2, 0.25) is 0 Å². The van der Waals surface area contributed by atoms with E-state index in [0.29, 0.717) is 12.4 Å². The number of rotatable bonds is 7. The molecule has 1 unspecified atom stereocenters. The third kappa shape index (κ3) is 4.57. The lowest BCUT2D eigenvalue weighted by Crippen LogP contribution is -2.19. The van der Waals surface area contributed by atoms with Crippen molar-refractivity contribution in [2.45, 2.75) is 26.3 Å². The Kier molecular flexibility index (Phi) is 5.76. The maximum absolute atomic E-state index is 13.4. The summed E-state index contributed by atoms with van der Waals surface area (Å²) in [6.45, 7) is 5.51. The number of hydrogen-bond acceptors (Lipinski definition) is 2. The lowest BCUT2D eigenvalue weighted by atomic mass is 10.1. The molecule has 2 nitrogen and oxygen atoms in total. The Balaban J connectivity index is 2.02. The van der Waals surface area contributed by atoms with E-state index in [2.05, 4.69) is 31.3 Å². The van der Waals surface area contributed by atoms with Crippen molar-refractivity contribution in [1.82, 2.24) is 5.32 Å². The highest BCUT2D eigenvalue weighted by Gasteiger charge is 2.12. The van der Waals surface area contributed by atoms with Crippen LogP contribution in [0.4, 0.5) is 4.39 Å². The van der Waals surface area contributed by atoms with E-state index in [1.54, 1.807) is 6.07 Å². The molecular formula is C18H22FNO. The molecule has 1 atom stereocenters. The number of ether oxygens (including phenoxy) is 1. The third-order valence-electron chi connectivity index (χ3n) is 3.44. The maximum atomic E-state index is 13.4. The van der Waals surface area contributed by atoms with E-state index >= 15 is 0 Å². The van der Waals surface area contributed by atoms with E-state index in [9.17, 15) is 4.39 Å². The van der Waals surface area contributed by atoms with Gasteiger partial charge in [0.05, 0.1) is 6.61 Å². The van der Waals surface area contributed by atoms with E-state index < -0.39 is 0 Å². The normalized spacial score (nSPS) is 12.1. The Hall–Kier alpha value is -1.87. The van der Waals surface area contributed by atoms with Crippen molar-refractivity contribution in [1.29, 1.82) is 0 Å². The minimum atomic E-state index is -0.267. The number of hydrogen-bond donors (Lipinski definition) is 1. The number of halogens is 1. The van der Waals surface area contributed by atoms with Gasteiger partial charge in [-0.15, -0.1) is 0 Å². The standard InChI is InChI=1S/C18H22FNO/c1-3-20-14(2)17-10-9-16(19)13-18(17)21-12-11-15-7-5-4-6-8-15/h4-10,13-14,20H,3,11-12H2,1-2H3. The smallest absolute Gasteiger partial charge is 0.126 e. The van der Waals surface area contributed by atoms with Crippen molar-refractivity contribution in [2.24, 2.45) is 0 Å². The molecule has 112 valence electrons. The van der Waals surface area contributed by atoms with Gasteiger partial charge in [0.1, 0.15) is 11.6 Å². The molecule has 0 aromatic heterocycles. The summed E-state index contributed by atoms with van der Waals surface area (Å²) >= 11 is 0. The summed E-state index contributed by atoms with van der Waals surface area (Å²) in [7, 11) is 0.